The molecule has 1 aromatic carbocycles. The minimum absolute atomic E-state index is 0.720. The van der Waals surface area contributed by atoms with Crippen LogP contribution in [0.1, 0.15) is 57.4 Å². The first-order valence-electron chi connectivity index (χ1n) is 8.14. The van der Waals surface area contributed by atoms with Crippen molar-refractivity contribution in [3.63, 3.8) is 0 Å². The summed E-state index contributed by atoms with van der Waals surface area (Å²) in [5, 5.41) is 0. The first kappa shape index (κ1) is 15.5. The summed E-state index contributed by atoms with van der Waals surface area (Å²) in [4.78, 5) is 3.69. The van der Waals surface area contributed by atoms with Gasteiger partial charge in [-0.3, -0.25) is 0 Å². The van der Waals surface area contributed by atoms with Crippen LogP contribution in [0.25, 0.3) is 0 Å². The number of thiocarbonyl (C=S) groups is 1. The van der Waals surface area contributed by atoms with Crippen LogP contribution in [0.2, 0.25) is 0 Å². The molecule has 110 valence electrons. The Balaban J connectivity index is 1.77. The molecule has 0 heterocycles. The summed E-state index contributed by atoms with van der Waals surface area (Å²) in [5.74, 6) is 0. The van der Waals surface area contributed by atoms with Crippen LogP contribution in [-0.2, 0) is 6.42 Å². The first-order valence-corrected chi connectivity index (χ1v) is 8.55. The van der Waals surface area contributed by atoms with Crippen molar-refractivity contribution in [2.45, 2.75) is 64.3 Å². The lowest BCUT2D eigenvalue weighted by Crippen LogP contribution is -2.40. The Labute approximate surface area is 129 Å². The highest BCUT2D eigenvalue weighted by Gasteiger charge is 2.21. The molecule has 0 amide bonds. The molecule has 2 heteroatoms. The summed E-state index contributed by atoms with van der Waals surface area (Å²) in [5.41, 5.74) is 1.43. The van der Waals surface area contributed by atoms with Gasteiger partial charge in [-0.1, -0.05) is 61.8 Å². The molecule has 0 atom stereocenters. The second-order valence-corrected chi connectivity index (χ2v) is 6.28. The van der Waals surface area contributed by atoms with Gasteiger partial charge in [-0.2, -0.15) is 0 Å². The molecule has 0 aliphatic heterocycles. The van der Waals surface area contributed by atoms with E-state index in [1.54, 1.807) is 0 Å². The minimum atomic E-state index is 0.720. The molecule has 1 aliphatic rings. The third kappa shape index (κ3) is 4.59. The summed E-state index contributed by atoms with van der Waals surface area (Å²) in [6.07, 6.45) is 10.2. The Morgan fingerprint density at radius 1 is 1.15 bits per heavy atom. The van der Waals surface area contributed by atoms with Gasteiger partial charge in [0.15, 0.2) is 0 Å². The molecule has 0 unspecified atom stereocenters. The highest BCUT2D eigenvalue weighted by molar-refractivity contribution is 7.80. The molecule has 1 nitrogen and oxygen atoms in total. The molecule has 0 spiro atoms. The molecular formula is C18H27NS. The van der Waals surface area contributed by atoms with E-state index in [9.17, 15) is 0 Å². The number of hydrogen-bond donors (Lipinski definition) is 0. The second kappa shape index (κ2) is 8.41. The van der Waals surface area contributed by atoms with Gasteiger partial charge in [0, 0.05) is 12.6 Å². The zero-order valence-corrected chi connectivity index (χ0v) is 13.5. The maximum Gasteiger partial charge on any atom is 0.0781 e. The van der Waals surface area contributed by atoms with Crippen molar-refractivity contribution in [1.29, 1.82) is 0 Å². The fourth-order valence-corrected chi connectivity index (χ4v) is 3.69. The van der Waals surface area contributed by atoms with Gasteiger partial charge in [0.2, 0.25) is 0 Å². The van der Waals surface area contributed by atoms with E-state index < -0.39 is 0 Å². The van der Waals surface area contributed by atoms with E-state index in [1.165, 1.54) is 49.1 Å². The molecule has 0 bridgehead atoms. The molecule has 0 N–H and O–H groups in total. The molecule has 20 heavy (non-hydrogen) atoms. The molecule has 1 aliphatic carbocycles. The smallest absolute Gasteiger partial charge is 0.0781 e. The van der Waals surface area contributed by atoms with Crippen molar-refractivity contribution in [3.05, 3.63) is 35.9 Å². The van der Waals surface area contributed by atoms with Gasteiger partial charge in [0.05, 0.1) is 4.99 Å². The molecule has 1 fully saturated rings. The highest BCUT2D eigenvalue weighted by atomic mass is 32.1. The summed E-state index contributed by atoms with van der Waals surface area (Å²) in [7, 11) is 0. The molecule has 1 aromatic rings. The van der Waals surface area contributed by atoms with Crippen molar-refractivity contribution >= 4 is 17.2 Å². The monoisotopic (exact) mass is 289 g/mol. The molecule has 0 radical (unpaired) electrons. The average molecular weight is 289 g/mol. The van der Waals surface area contributed by atoms with Crippen LogP contribution in [0.3, 0.4) is 0 Å². The molecular weight excluding hydrogens is 262 g/mol. The lowest BCUT2D eigenvalue weighted by Gasteiger charge is -2.35. The lowest BCUT2D eigenvalue weighted by atomic mass is 9.94. The van der Waals surface area contributed by atoms with Crippen LogP contribution in [0, 0.1) is 0 Å². The summed E-state index contributed by atoms with van der Waals surface area (Å²) in [6, 6.07) is 11.5. The number of benzene rings is 1. The third-order valence-corrected chi connectivity index (χ3v) is 4.81. The predicted molar refractivity (Wildman–Crippen MR) is 91.2 cm³/mol. The van der Waals surface area contributed by atoms with Crippen LogP contribution >= 0.6 is 12.2 Å². The quantitative estimate of drug-likeness (QED) is 0.679. The third-order valence-electron chi connectivity index (χ3n) is 4.38. The van der Waals surface area contributed by atoms with Gasteiger partial charge in [0.25, 0.3) is 0 Å². The second-order valence-electron chi connectivity index (χ2n) is 5.81. The van der Waals surface area contributed by atoms with Gasteiger partial charge in [-0.15, -0.1) is 0 Å². The standard InChI is InChI=1S/C18H27NS/c1-2-19(17-13-7-4-8-14-17)18(20)15-9-12-16-10-5-3-6-11-16/h3,5-6,10-11,17H,2,4,7-9,12-15H2,1H3. The van der Waals surface area contributed by atoms with Crippen molar-refractivity contribution in [2.75, 3.05) is 6.54 Å². The minimum Gasteiger partial charge on any atom is -0.363 e. The van der Waals surface area contributed by atoms with E-state index in [1.807, 2.05) is 0 Å². The van der Waals surface area contributed by atoms with Crippen LogP contribution in [0.15, 0.2) is 30.3 Å². The maximum absolute atomic E-state index is 5.70. The molecule has 2 rings (SSSR count). The van der Waals surface area contributed by atoms with Crippen molar-refractivity contribution < 1.29 is 0 Å². The average Bonchev–Trinajstić information content (AvgIpc) is 2.50. The maximum atomic E-state index is 5.70. The number of hydrogen-bond acceptors (Lipinski definition) is 1. The molecule has 0 aromatic heterocycles. The number of aryl methyl sites for hydroxylation is 1. The molecule has 1 saturated carbocycles. The Hall–Kier alpha value is -0.890. The Bertz CT molecular complexity index is 395. The normalized spacial score (nSPS) is 16.1. The predicted octanol–water partition coefficient (Wildman–Crippen LogP) is 4.99. The van der Waals surface area contributed by atoms with Crippen molar-refractivity contribution in [2.24, 2.45) is 0 Å². The lowest BCUT2D eigenvalue weighted by molar-refractivity contribution is 0.252. The zero-order chi connectivity index (χ0) is 14.2. The Morgan fingerprint density at radius 2 is 1.85 bits per heavy atom. The van der Waals surface area contributed by atoms with Crippen molar-refractivity contribution in [3.8, 4) is 0 Å². The van der Waals surface area contributed by atoms with Crippen LogP contribution in [-0.4, -0.2) is 22.5 Å². The zero-order valence-electron chi connectivity index (χ0n) is 12.7. The summed E-state index contributed by atoms with van der Waals surface area (Å²) in [6.45, 7) is 3.33. The largest absolute Gasteiger partial charge is 0.363 e. The highest BCUT2D eigenvalue weighted by Crippen LogP contribution is 2.23. The van der Waals surface area contributed by atoms with E-state index in [0.29, 0.717) is 0 Å². The SMILES string of the molecule is CCN(C(=S)CCCc1ccccc1)C1CCCCC1. The first-order chi connectivity index (χ1) is 9.81. The topological polar surface area (TPSA) is 3.24 Å². The van der Waals surface area contributed by atoms with Gasteiger partial charge in [0.1, 0.15) is 0 Å². The van der Waals surface area contributed by atoms with E-state index in [2.05, 4.69) is 42.2 Å². The molecule has 0 saturated heterocycles. The van der Waals surface area contributed by atoms with E-state index in [4.69, 9.17) is 12.2 Å². The summed E-state index contributed by atoms with van der Waals surface area (Å²) >= 11 is 5.70. The van der Waals surface area contributed by atoms with E-state index >= 15 is 0 Å². The Kier molecular flexibility index (Phi) is 6.52. The number of rotatable bonds is 6. The fourth-order valence-electron chi connectivity index (χ4n) is 3.26. The fraction of sp³-hybridized carbons (Fsp3) is 0.611. The summed E-state index contributed by atoms with van der Waals surface area (Å²) < 4.78 is 0. The number of nitrogens with zero attached hydrogens (tertiary/aromatic N) is 1. The van der Waals surface area contributed by atoms with Gasteiger partial charge in [-0.25, -0.2) is 0 Å². The van der Waals surface area contributed by atoms with E-state index in [-0.39, 0.29) is 0 Å². The van der Waals surface area contributed by atoms with Crippen LogP contribution in [0.4, 0.5) is 0 Å². The van der Waals surface area contributed by atoms with Crippen LogP contribution in [0.5, 0.6) is 0 Å². The van der Waals surface area contributed by atoms with Gasteiger partial charge in [-0.05, 0) is 44.6 Å². The van der Waals surface area contributed by atoms with Gasteiger partial charge < -0.3 is 4.90 Å². The van der Waals surface area contributed by atoms with E-state index in [0.717, 1.165) is 25.4 Å². The van der Waals surface area contributed by atoms with Gasteiger partial charge >= 0.3 is 0 Å². The Morgan fingerprint density at radius 3 is 2.50 bits per heavy atom. The van der Waals surface area contributed by atoms with Crippen LogP contribution < -0.4 is 0 Å². The van der Waals surface area contributed by atoms with Crippen molar-refractivity contribution in [1.82, 2.24) is 4.90 Å².